The molecule has 0 unspecified atom stereocenters. The minimum atomic E-state index is -0.280. The summed E-state index contributed by atoms with van der Waals surface area (Å²) in [5.74, 6) is 0. The van der Waals surface area contributed by atoms with Crippen molar-refractivity contribution in [3.8, 4) is 0 Å². The van der Waals surface area contributed by atoms with Crippen LogP contribution in [-0.4, -0.2) is 4.92 Å². The van der Waals surface area contributed by atoms with Crippen LogP contribution in [0, 0.1) is 10.1 Å². The topological polar surface area (TPSA) is 43.1 Å². The Morgan fingerprint density at radius 3 is 2.94 bits per heavy atom. The highest BCUT2D eigenvalue weighted by Gasteiger charge is 2.11. The van der Waals surface area contributed by atoms with Crippen LogP contribution in [0.5, 0.6) is 0 Å². The van der Waals surface area contributed by atoms with Gasteiger partial charge in [0.05, 0.1) is 4.92 Å². The summed E-state index contributed by atoms with van der Waals surface area (Å²) in [7, 11) is 0. The molecule has 0 radical (unpaired) electrons. The molecule has 0 amide bonds. The zero-order valence-corrected chi connectivity index (χ0v) is 10.4. The van der Waals surface area contributed by atoms with Gasteiger partial charge in [-0.2, -0.15) is 0 Å². The summed E-state index contributed by atoms with van der Waals surface area (Å²) in [5.41, 5.74) is 0.292. The van der Waals surface area contributed by atoms with Crippen molar-refractivity contribution in [3.63, 3.8) is 0 Å². The van der Waals surface area contributed by atoms with Crippen molar-refractivity contribution in [2.24, 2.45) is 0 Å². The van der Waals surface area contributed by atoms with Crippen molar-refractivity contribution >= 4 is 28.2 Å². The van der Waals surface area contributed by atoms with Gasteiger partial charge in [0.2, 0.25) is 5.70 Å². The maximum Gasteiger partial charge on any atom is 0.247 e. The molecule has 0 bridgehead atoms. The van der Waals surface area contributed by atoms with Crippen LogP contribution < -0.4 is 0 Å². The fourth-order valence-corrected chi connectivity index (χ4v) is 2.73. The lowest BCUT2D eigenvalue weighted by Gasteiger charge is -1.96. The first-order chi connectivity index (χ1) is 8.22. The summed E-state index contributed by atoms with van der Waals surface area (Å²) in [4.78, 5) is 11.6. The summed E-state index contributed by atoms with van der Waals surface area (Å²) < 4.78 is 0. The summed E-state index contributed by atoms with van der Waals surface area (Å²) in [6.45, 7) is 1.95. The molecule has 0 atom stereocenters. The van der Waals surface area contributed by atoms with E-state index in [4.69, 9.17) is 0 Å². The molecule has 88 valence electrons. The third kappa shape index (κ3) is 2.53. The van der Waals surface area contributed by atoms with E-state index in [1.54, 1.807) is 17.4 Å². The highest BCUT2D eigenvalue weighted by molar-refractivity contribution is 7.12. The van der Waals surface area contributed by atoms with Crippen molar-refractivity contribution in [2.45, 2.75) is 19.8 Å². The highest BCUT2D eigenvalue weighted by Crippen LogP contribution is 2.28. The van der Waals surface area contributed by atoms with Gasteiger partial charge >= 0.3 is 0 Å². The Labute approximate surface area is 104 Å². The number of fused-ring (bicyclic) bond motifs is 1. The van der Waals surface area contributed by atoms with Gasteiger partial charge in [0.25, 0.3) is 0 Å². The van der Waals surface area contributed by atoms with Crippen LogP contribution in [0.2, 0.25) is 0 Å². The molecule has 0 saturated heterocycles. The molecule has 3 nitrogen and oxygen atoms in total. The Morgan fingerprint density at radius 2 is 2.24 bits per heavy atom. The molecule has 0 aliphatic rings. The summed E-state index contributed by atoms with van der Waals surface area (Å²) in [6.07, 6.45) is 3.01. The second kappa shape index (κ2) is 5.10. The van der Waals surface area contributed by atoms with Crippen molar-refractivity contribution in [1.82, 2.24) is 0 Å². The van der Waals surface area contributed by atoms with Crippen LogP contribution >= 0.6 is 11.3 Å². The average Bonchev–Trinajstić information content (AvgIpc) is 2.72. The number of hydrogen-bond donors (Lipinski definition) is 0. The van der Waals surface area contributed by atoms with Gasteiger partial charge in [0.15, 0.2) is 0 Å². The zero-order chi connectivity index (χ0) is 12.3. The minimum absolute atomic E-state index is 0.280. The van der Waals surface area contributed by atoms with E-state index in [2.05, 4.69) is 0 Å². The number of nitrogens with zero attached hydrogens (tertiary/aromatic N) is 1. The third-order valence-electron chi connectivity index (χ3n) is 2.58. The van der Waals surface area contributed by atoms with Gasteiger partial charge in [-0.15, -0.1) is 11.3 Å². The maximum absolute atomic E-state index is 10.9. The molecular formula is C13H13NO2S. The SMILES string of the molecule is CCC/C(=C/c1scc2ccccc12)[N+](=O)[O-]. The molecule has 2 rings (SSSR count). The van der Waals surface area contributed by atoms with Crippen molar-refractivity contribution in [3.05, 3.63) is 50.3 Å². The Balaban J connectivity index is 2.45. The minimum Gasteiger partial charge on any atom is -0.259 e. The van der Waals surface area contributed by atoms with Crippen LogP contribution in [-0.2, 0) is 0 Å². The van der Waals surface area contributed by atoms with E-state index in [1.807, 2.05) is 36.6 Å². The van der Waals surface area contributed by atoms with E-state index >= 15 is 0 Å². The fraction of sp³-hybridized carbons (Fsp3) is 0.231. The molecule has 4 heteroatoms. The quantitative estimate of drug-likeness (QED) is 0.596. The first kappa shape index (κ1) is 11.8. The van der Waals surface area contributed by atoms with Crippen LogP contribution in [0.25, 0.3) is 16.8 Å². The Hall–Kier alpha value is -1.68. The number of thiophene rings is 1. The first-order valence-corrected chi connectivity index (χ1v) is 6.41. The molecule has 0 N–H and O–H groups in total. The number of benzene rings is 1. The molecule has 2 aromatic rings. The lowest BCUT2D eigenvalue weighted by Crippen LogP contribution is -1.97. The van der Waals surface area contributed by atoms with Gasteiger partial charge in [-0.3, -0.25) is 10.1 Å². The lowest BCUT2D eigenvalue weighted by atomic mass is 10.1. The standard InChI is InChI=1S/C13H13NO2S/c1-2-5-11(14(15)16)8-13-12-7-4-3-6-10(12)9-17-13/h3-4,6-9H,2,5H2,1H3/b11-8-. The number of hydrogen-bond acceptors (Lipinski definition) is 3. The molecule has 0 spiro atoms. The lowest BCUT2D eigenvalue weighted by molar-refractivity contribution is -0.426. The molecule has 1 aromatic carbocycles. The van der Waals surface area contributed by atoms with Gasteiger partial charge < -0.3 is 0 Å². The number of allylic oxidation sites excluding steroid dienone is 1. The Morgan fingerprint density at radius 1 is 1.47 bits per heavy atom. The Kier molecular flexibility index (Phi) is 3.54. The smallest absolute Gasteiger partial charge is 0.247 e. The third-order valence-corrected chi connectivity index (χ3v) is 3.54. The second-order valence-electron chi connectivity index (χ2n) is 3.83. The molecule has 1 aromatic heterocycles. The fourth-order valence-electron chi connectivity index (χ4n) is 1.75. The predicted molar refractivity (Wildman–Crippen MR) is 71.7 cm³/mol. The van der Waals surface area contributed by atoms with E-state index in [0.717, 1.165) is 22.1 Å². The maximum atomic E-state index is 10.9. The summed E-state index contributed by atoms with van der Waals surface area (Å²) in [6, 6.07) is 7.96. The van der Waals surface area contributed by atoms with Crippen LogP contribution in [0.4, 0.5) is 0 Å². The van der Waals surface area contributed by atoms with E-state index in [1.165, 1.54) is 0 Å². The number of rotatable bonds is 4. The molecule has 0 fully saturated rings. The van der Waals surface area contributed by atoms with Crippen molar-refractivity contribution < 1.29 is 4.92 Å². The largest absolute Gasteiger partial charge is 0.259 e. The van der Waals surface area contributed by atoms with Gasteiger partial charge in [-0.25, -0.2) is 0 Å². The summed E-state index contributed by atoms with van der Waals surface area (Å²) in [5, 5.41) is 15.2. The highest BCUT2D eigenvalue weighted by atomic mass is 32.1. The second-order valence-corrected chi connectivity index (χ2v) is 4.74. The molecule has 0 aliphatic heterocycles. The van der Waals surface area contributed by atoms with E-state index < -0.39 is 0 Å². The van der Waals surface area contributed by atoms with Crippen LogP contribution in [0.1, 0.15) is 24.6 Å². The first-order valence-electron chi connectivity index (χ1n) is 5.53. The van der Waals surface area contributed by atoms with Crippen LogP contribution in [0.3, 0.4) is 0 Å². The zero-order valence-electron chi connectivity index (χ0n) is 9.55. The van der Waals surface area contributed by atoms with Gasteiger partial charge in [-0.1, -0.05) is 31.2 Å². The van der Waals surface area contributed by atoms with E-state index in [-0.39, 0.29) is 4.92 Å². The molecular weight excluding hydrogens is 234 g/mol. The molecule has 0 saturated carbocycles. The van der Waals surface area contributed by atoms with Gasteiger partial charge in [0.1, 0.15) is 0 Å². The molecule has 1 heterocycles. The van der Waals surface area contributed by atoms with Crippen molar-refractivity contribution in [1.29, 1.82) is 0 Å². The number of nitro groups is 1. The molecule has 17 heavy (non-hydrogen) atoms. The van der Waals surface area contributed by atoms with Crippen molar-refractivity contribution in [2.75, 3.05) is 0 Å². The van der Waals surface area contributed by atoms with Gasteiger partial charge in [-0.05, 0) is 22.6 Å². The van der Waals surface area contributed by atoms with E-state index in [0.29, 0.717) is 12.1 Å². The summed E-state index contributed by atoms with van der Waals surface area (Å²) >= 11 is 1.55. The average molecular weight is 247 g/mol. The van der Waals surface area contributed by atoms with E-state index in [9.17, 15) is 10.1 Å². The van der Waals surface area contributed by atoms with Gasteiger partial charge in [0, 0.05) is 17.4 Å². The normalized spacial score (nSPS) is 11.9. The predicted octanol–water partition coefficient (Wildman–Crippen LogP) is 4.32. The molecule has 0 aliphatic carbocycles. The monoisotopic (exact) mass is 247 g/mol. The van der Waals surface area contributed by atoms with Crippen LogP contribution in [0.15, 0.2) is 35.3 Å². The Bertz CT molecular complexity index is 572.